The van der Waals surface area contributed by atoms with Gasteiger partial charge in [0.15, 0.2) is 0 Å². The third-order valence-corrected chi connectivity index (χ3v) is 4.01. The highest BCUT2D eigenvalue weighted by atomic mass is 19.1. The van der Waals surface area contributed by atoms with Crippen molar-refractivity contribution in [2.75, 3.05) is 6.61 Å². The molecule has 1 nitrogen and oxygen atoms in total. The van der Waals surface area contributed by atoms with E-state index in [-0.39, 0.29) is 0 Å². The lowest BCUT2D eigenvalue weighted by atomic mass is 10.1. The molecule has 1 aliphatic rings. The van der Waals surface area contributed by atoms with E-state index in [1.807, 2.05) is 24.3 Å². The zero-order valence-corrected chi connectivity index (χ0v) is 11.8. The molecule has 0 atom stereocenters. The second-order valence-corrected chi connectivity index (χ2v) is 5.64. The molecule has 3 rings (SSSR count). The van der Waals surface area contributed by atoms with Crippen molar-refractivity contribution in [3.8, 4) is 16.9 Å². The van der Waals surface area contributed by atoms with Gasteiger partial charge in [0.25, 0.3) is 0 Å². The van der Waals surface area contributed by atoms with Gasteiger partial charge in [0.05, 0.1) is 6.61 Å². The van der Waals surface area contributed by atoms with Crippen molar-refractivity contribution in [2.45, 2.75) is 25.7 Å². The topological polar surface area (TPSA) is 9.23 Å². The molecule has 2 aromatic carbocycles. The number of halogens is 2. The lowest BCUT2D eigenvalue weighted by molar-refractivity contribution is 0.252. The fourth-order valence-electron chi connectivity index (χ4n) is 2.86. The van der Waals surface area contributed by atoms with E-state index >= 15 is 0 Å². The average molecular weight is 288 g/mol. The van der Waals surface area contributed by atoms with Gasteiger partial charge >= 0.3 is 0 Å². The number of hydrogen-bond donors (Lipinski definition) is 0. The maximum atomic E-state index is 13.2. The van der Waals surface area contributed by atoms with Crippen LogP contribution in [0, 0.1) is 17.6 Å². The molecule has 0 unspecified atom stereocenters. The monoisotopic (exact) mass is 288 g/mol. The third-order valence-electron chi connectivity index (χ3n) is 4.01. The summed E-state index contributed by atoms with van der Waals surface area (Å²) in [6.45, 7) is 0.758. The summed E-state index contributed by atoms with van der Waals surface area (Å²) in [5, 5.41) is 0. The van der Waals surface area contributed by atoms with Crippen molar-refractivity contribution < 1.29 is 13.5 Å². The van der Waals surface area contributed by atoms with E-state index in [1.165, 1.54) is 37.8 Å². The first kappa shape index (κ1) is 14.1. The van der Waals surface area contributed by atoms with Crippen molar-refractivity contribution in [1.29, 1.82) is 0 Å². The van der Waals surface area contributed by atoms with Gasteiger partial charge in [-0.25, -0.2) is 8.78 Å². The first-order valence-corrected chi connectivity index (χ1v) is 7.40. The highest BCUT2D eigenvalue weighted by molar-refractivity contribution is 5.64. The van der Waals surface area contributed by atoms with Crippen molar-refractivity contribution in [3.05, 3.63) is 54.1 Å². The third kappa shape index (κ3) is 3.60. The molecule has 1 saturated carbocycles. The Morgan fingerprint density at radius 2 is 1.48 bits per heavy atom. The molecule has 1 aliphatic carbocycles. The molecule has 0 amide bonds. The molecule has 0 aromatic heterocycles. The molecule has 3 heteroatoms. The zero-order chi connectivity index (χ0) is 14.7. The van der Waals surface area contributed by atoms with Gasteiger partial charge in [-0.2, -0.15) is 0 Å². The molecule has 0 radical (unpaired) electrons. The Balaban J connectivity index is 1.68. The van der Waals surface area contributed by atoms with Crippen molar-refractivity contribution >= 4 is 0 Å². The Labute approximate surface area is 123 Å². The smallest absolute Gasteiger partial charge is 0.126 e. The summed E-state index contributed by atoms with van der Waals surface area (Å²) >= 11 is 0. The molecule has 0 heterocycles. The molecule has 0 spiro atoms. The van der Waals surface area contributed by atoms with E-state index in [9.17, 15) is 8.78 Å². The average Bonchev–Trinajstić information content (AvgIpc) is 2.98. The Hall–Kier alpha value is -1.90. The molecule has 1 fully saturated rings. The van der Waals surface area contributed by atoms with Crippen molar-refractivity contribution in [2.24, 2.45) is 5.92 Å². The summed E-state index contributed by atoms with van der Waals surface area (Å²) < 4.78 is 32.2. The van der Waals surface area contributed by atoms with E-state index in [0.29, 0.717) is 11.5 Å². The zero-order valence-electron chi connectivity index (χ0n) is 11.8. The van der Waals surface area contributed by atoms with Crippen molar-refractivity contribution in [3.63, 3.8) is 0 Å². The Kier molecular flexibility index (Phi) is 4.18. The second kappa shape index (κ2) is 6.25. The molecule has 0 N–H and O–H groups in total. The fraction of sp³-hybridized carbons (Fsp3) is 0.333. The molecular formula is C18H18F2O. The van der Waals surface area contributed by atoms with Gasteiger partial charge in [-0.15, -0.1) is 0 Å². The summed E-state index contributed by atoms with van der Waals surface area (Å²) in [4.78, 5) is 0. The largest absolute Gasteiger partial charge is 0.493 e. The number of hydrogen-bond acceptors (Lipinski definition) is 1. The van der Waals surface area contributed by atoms with Crippen LogP contribution in [0.15, 0.2) is 42.5 Å². The van der Waals surface area contributed by atoms with Gasteiger partial charge in [0.1, 0.15) is 17.4 Å². The molecule has 0 saturated heterocycles. The molecular weight excluding hydrogens is 270 g/mol. The van der Waals surface area contributed by atoms with Crippen LogP contribution in [0.5, 0.6) is 5.75 Å². The fourth-order valence-corrected chi connectivity index (χ4v) is 2.86. The van der Waals surface area contributed by atoms with Gasteiger partial charge in [-0.05, 0) is 54.2 Å². The lowest BCUT2D eigenvalue weighted by Gasteiger charge is -2.11. The predicted octanol–water partition coefficient (Wildman–Crippen LogP) is 5.20. The van der Waals surface area contributed by atoms with Gasteiger partial charge in [-0.3, -0.25) is 0 Å². The number of benzene rings is 2. The van der Waals surface area contributed by atoms with Crippen LogP contribution < -0.4 is 4.74 Å². The van der Waals surface area contributed by atoms with E-state index in [2.05, 4.69) is 0 Å². The molecule has 0 aliphatic heterocycles. The summed E-state index contributed by atoms with van der Waals surface area (Å²) in [6.07, 6.45) is 5.11. The first-order valence-electron chi connectivity index (χ1n) is 7.40. The normalized spacial score (nSPS) is 15.3. The molecule has 0 bridgehead atoms. The first-order chi connectivity index (χ1) is 10.2. The minimum atomic E-state index is -0.563. The number of rotatable bonds is 4. The highest BCUT2D eigenvalue weighted by Crippen LogP contribution is 2.27. The molecule has 2 aromatic rings. The Morgan fingerprint density at radius 1 is 0.857 bits per heavy atom. The lowest BCUT2D eigenvalue weighted by Crippen LogP contribution is -2.07. The van der Waals surface area contributed by atoms with Crippen LogP contribution in [0.1, 0.15) is 25.7 Å². The van der Waals surface area contributed by atoms with E-state index in [4.69, 9.17) is 4.74 Å². The van der Waals surface area contributed by atoms with Gasteiger partial charge < -0.3 is 4.74 Å². The number of ether oxygens (including phenoxy) is 1. The van der Waals surface area contributed by atoms with Crippen LogP contribution in [0.2, 0.25) is 0 Å². The van der Waals surface area contributed by atoms with Crippen LogP contribution >= 0.6 is 0 Å². The Bertz CT molecular complexity index is 581. The van der Waals surface area contributed by atoms with E-state index < -0.39 is 11.6 Å². The quantitative estimate of drug-likeness (QED) is 0.751. The van der Waals surface area contributed by atoms with Gasteiger partial charge in [0.2, 0.25) is 0 Å². The van der Waals surface area contributed by atoms with E-state index in [1.54, 1.807) is 0 Å². The van der Waals surface area contributed by atoms with Crippen LogP contribution in [-0.4, -0.2) is 6.61 Å². The maximum absolute atomic E-state index is 13.2. The van der Waals surface area contributed by atoms with Crippen LogP contribution in [0.4, 0.5) is 8.78 Å². The summed E-state index contributed by atoms with van der Waals surface area (Å²) in [7, 11) is 0. The summed E-state index contributed by atoms with van der Waals surface area (Å²) in [5.41, 5.74) is 1.32. The molecule has 110 valence electrons. The SMILES string of the molecule is Fc1cc(F)cc(-c2ccc(OCC3CCCC3)cc2)c1. The van der Waals surface area contributed by atoms with Crippen molar-refractivity contribution in [1.82, 2.24) is 0 Å². The standard InChI is InChI=1S/C18H18F2O/c19-16-9-15(10-17(20)11-16)14-5-7-18(8-6-14)21-12-13-3-1-2-4-13/h5-11,13H,1-4,12H2. The van der Waals surface area contributed by atoms with Gasteiger partial charge in [0, 0.05) is 6.07 Å². The molecule has 21 heavy (non-hydrogen) atoms. The van der Waals surface area contributed by atoms with E-state index in [0.717, 1.165) is 24.0 Å². The van der Waals surface area contributed by atoms with Gasteiger partial charge in [-0.1, -0.05) is 25.0 Å². The van der Waals surface area contributed by atoms with Crippen LogP contribution in [0.3, 0.4) is 0 Å². The highest BCUT2D eigenvalue weighted by Gasteiger charge is 2.15. The predicted molar refractivity (Wildman–Crippen MR) is 79.2 cm³/mol. The second-order valence-electron chi connectivity index (χ2n) is 5.64. The summed E-state index contributed by atoms with van der Waals surface area (Å²) in [6, 6.07) is 10.9. The minimum absolute atomic E-state index is 0.537. The van der Waals surface area contributed by atoms with Crippen LogP contribution in [0.25, 0.3) is 11.1 Å². The maximum Gasteiger partial charge on any atom is 0.126 e. The van der Waals surface area contributed by atoms with Crippen LogP contribution in [-0.2, 0) is 0 Å². The Morgan fingerprint density at radius 3 is 2.10 bits per heavy atom. The minimum Gasteiger partial charge on any atom is -0.493 e. The summed E-state index contributed by atoms with van der Waals surface area (Å²) in [5.74, 6) is 0.350.